The highest BCUT2D eigenvalue weighted by Gasteiger charge is 2.13. The van der Waals surface area contributed by atoms with Gasteiger partial charge in [0.25, 0.3) is 10.5 Å². The maximum atomic E-state index is 10.9. The quantitative estimate of drug-likeness (QED) is 0.317. The minimum absolute atomic E-state index is 0.0271. The molecule has 0 saturated carbocycles. The summed E-state index contributed by atoms with van der Waals surface area (Å²) in [5.41, 5.74) is 1.61. The molecule has 0 saturated heterocycles. The first kappa shape index (κ1) is 19.7. The molecule has 3 rings (SSSR count). The van der Waals surface area contributed by atoms with Crippen LogP contribution in [0.4, 0.5) is 5.69 Å². The molecule has 1 aromatic heterocycles. The monoisotopic (exact) mass is 400 g/mol. The lowest BCUT2D eigenvalue weighted by Crippen LogP contribution is -2.22. The summed E-state index contributed by atoms with van der Waals surface area (Å²) in [4.78, 5) is 12.7. The SMILES string of the molecule is CCOc1ccc(CN(C)Cn2nc(-c3cccc([N+](=O)[O-])c3)oc2=S)cc1. The Balaban J connectivity index is 1.70. The maximum Gasteiger partial charge on any atom is 0.288 e. The van der Waals surface area contributed by atoms with E-state index in [0.29, 0.717) is 25.4 Å². The second-order valence-electron chi connectivity index (χ2n) is 6.21. The largest absolute Gasteiger partial charge is 0.494 e. The predicted molar refractivity (Wildman–Crippen MR) is 106 cm³/mol. The van der Waals surface area contributed by atoms with Crippen LogP contribution in [0.5, 0.6) is 5.75 Å². The molecule has 3 aromatic rings. The van der Waals surface area contributed by atoms with Gasteiger partial charge in [-0.3, -0.25) is 15.0 Å². The Hall–Kier alpha value is -3.04. The first-order valence-corrected chi connectivity index (χ1v) is 9.10. The number of hydrogen-bond acceptors (Lipinski definition) is 7. The van der Waals surface area contributed by atoms with E-state index in [-0.39, 0.29) is 16.4 Å². The topological polar surface area (TPSA) is 86.6 Å². The fourth-order valence-corrected chi connectivity index (χ4v) is 2.89. The fourth-order valence-electron chi connectivity index (χ4n) is 2.71. The molecule has 0 bridgehead atoms. The molecule has 1 heterocycles. The van der Waals surface area contributed by atoms with E-state index in [4.69, 9.17) is 21.4 Å². The number of ether oxygens (including phenoxy) is 1. The highest BCUT2D eigenvalue weighted by Crippen LogP contribution is 2.23. The molecule has 2 aromatic carbocycles. The van der Waals surface area contributed by atoms with Crippen LogP contribution >= 0.6 is 12.2 Å². The molecule has 28 heavy (non-hydrogen) atoms. The van der Waals surface area contributed by atoms with Crippen molar-refractivity contribution in [2.45, 2.75) is 20.1 Å². The summed E-state index contributed by atoms with van der Waals surface area (Å²) in [5.74, 6) is 1.09. The van der Waals surface area contributed by atoms with E-state index in [1.165, 1.54) is 12.1 Å². The van der Waals surface area contributed by atoms with Crippen molar-refractivity contribution in [1.82, 2.24) is 14.7 Å². The molecule has 146 valence electrons. The lowest BCUT2D eigenvalue weighted by molar-refractivity contribution is -0.384. The number of nitrogens with zero attached hydrogens (tertiary/aromatic N) is 4. The van der Waals surface area contributed by atoms with E-state index in [1.807, 2.05) is 43.1 Å². The zero-order chi connectivity index (χ0) is 20.1. The molecule has 0 N–H and O–H groups in total. The van der Waals surface area contributed by atoms with Gasteiger partial charge < -0.3 is 9.15 Å². The Labute approximate surface area is 167 Å². The van der Waals surface area contributed by atoms with E-state index in [1.54, 1.807) is 16.8 Å². The van der Waals surface area contributed by atoms with Crippen LogP contribution in [0, 0.1) is 15.0 Å². The third-order valence-corrected chi connectivity index (χ3v) is 4.27. The second kappa shape index (κ2) is 8.77. The predicted octanol–water partition coefficient (Wildman–Crippen LogP) is 4.27. The van der Waals surface area contributed by atoms with Gasteiger partial charge in [0.15, 0.2) is 0 Å². The van der Waals surface area contributed by atoms with Gasteiger partial charge in [-0.15, -0.1) is 5.10 Å². The molecule has 0 spiro atoms. The average molecular weight is 400 g/mol. The Morgan fingerprint density at radius 3 is 2.71 bits per heavy atom. The molecule has 8 nitrogen and oxygen atoms in total. The smallest absolute Gasteiger partial charge is 0.288 e. The van der Waals surface area contributed by atoms with E-state index >= 15 is 0 Å². The van der Waals surface area contributed by atoms with Crippen LogP contribution in [-0.4, -0.2) is 33.3 Å². The molecule has 0 aliphatic rings. The number of benzene rings is 2. The van der Waals surface area contributed by atoms with Gasteiger partial charge >= 0.3 is 0 Å². The zero-order valence-corrected chi connectivity index (χ0v) is 16.4. The van der Waals surface area contributed by atoms with Gasteiger partial charge in [0, 0.05) is 24.2 Å². The first-order valence-electron chi connectivity index (χ1n) is 8.69. The number of nitro groups is 1. The summed E-state index contributed by atoms with van der Waals surface area (Å²) in [6, 6.07) is 14.0. The molecule has 0 fully saturated rings. The Morgan fingerprint density at radius 2 is 2.04 bits per heavy atom. The Morgan fingerprint density at radius 1 is 1.29 bits per heavy atom. The first-order chi connectivity index (χ1) is 13.5. The summed E-state index contributed by atoms with van der Waals surface area (Å²) < 4.78 is 12.5. The second-order valence-corrected chi connectivity index (χ2v) is 6.56. The van der Waals surface area contributed by atoms with Crippen LogP contribution in [0.3, 0.4) is 0 Å². The zero-order valence-electron chi connectivity index (χ0n) is 15.6. The van der Waals surface area contributed by atoms with Crippen molar-refractivity contribution in [2.24, 2.45) is 0 Å². The van der Waals surface area contributed by atoms with Gasteiger partial charge in [-0.1, -0.05) is 18.2 Å². The normalized spacial score (nSPS) is 11.0. The lowest BCUT2D eigenvalue weighted by Gasteiger charge is -2.16. The van der Waals surface area contributed by atoms with Crippen molar-refractivity contribution in [2.75, 3.05) is 13.7 Å². The molecule has 9 heteroatoms. The highest BCUT2D eigenvalue weighted by molar-refractivity contribution is 7.71. The van der Waals surface area contributed by atoms with Gasteiger partial charge in [0.2, 0.25) is 5.89 Å². The Bertz CT molecular complexity index is 1010. The molecule has 0 aliphatic heterocycles. The van der Waals surface area contributed by atoms with Gasteiger partial charge in [0.1, 0.15) is 5.75 Å². The Kier molecular flexibility index (Phi) is 6.17. The maximum absolute atomic E-state index is 10.9. The van der Waals surface area contributed by atoms with Gasteiger partial charge in [-0.05, 0) is 50.0 Å². The number of non-ortho nitro benzene ring substituents is 1. The molecule has 0 aliphatic carbocycles. The minimum Gasteiger partial charge on any atom is -0.494 e. The molecular formula is C19H20N4O4S. The van der Waals surface area contributed by atoms with Crippen molar-refractivity contribution in [3.8, 4) is 17.2 Å². The number of hydrogen-bond donors (Lipinski definition) is 0. The molecule has 0 amide bonds. The van der Waals surface area contributed by atoms with Gasteiger partial charge in [0.05, 0.1) is 18.2 Å². The summed E-state index contributed by atoms with van der Waals surface area (Å²) in [7, 11) is 1.94. The number of rotatable bonds is 8. The van der Waals surface area contributed by atoms with E-state index in [9.17, 15) is 10.1 Å². The lowest BCUT2D eigenvalue weighted by atomic mass is 10.2. The van der Waals surface area contributed by atoms with Crippen molar-refractivity contribution < 1.29 is 14.1 Å². The van der Waals surface area contributed by atoms with E-state index in [2.05, 4.69) is 5.10 Å². The van der Waals surface area contributed by atoms with Crippen molar-refractivity contribution in [3.05, 3.63) is 69.0 Å². The van der Waals surface area contributed by atoms with Crippen molar-refractivity contribution >= 4 is 17.9 Å². The molecule has 0 atom stereocenters. The minimum atomic E-state index is -0.459. The van der Waals surface area contributed by atoms with Crippen LogP contribution in [0.1, 0.15) is 12.5 Å². The van der Waals surface area contributed by atoms with Crippen LogP contribution in [0.2, 0.25) is 0 Å². The van der Waals surface area contributed by atoms with Gasteiger partial charge in [-0.2, -0.15) is 0 Å². The third-order valence-electron chi connectivity index (χ3n) is 3.97. The number of aromatic nitrogens is 2. The van der Waals surface area contributed by atoms with E-state index in [0.717, 1.165) is 11.3 Å². The van der Waals surface area contributed by atoms with Crippen LogP contribution in [0.25, 0.3) is 11.5 Å². The summed E-state index contributed by atoms with van der Waals surface area (Å²) in [6.45, 7) is 3.69. The molecule has 0 unspecified atom stereocenters. The number of nitro benzene ring substituents is 1. The van der Waals surface area contributed by atoms with Gasteiger partial charge in [-0.25, -0.2) is 4.68 Å². The summed E-state index contributed by atoms with van der Waals surface area (Å²) in [5, 5.41) is 15.3. The van der Waals surface area contributed by atoms with E-state index < -0.39 is 4.92 Å². The summed E-state index contributed by atoms with van der Waals surface area (Å²) >= 11 is 5.24. The van der Waals surface area contributed by atoms with Crippen molar-refractivity contribution in [3.63, 3.8) is 0 Å². The standard InChI is InChI=1S/C19H20N4O4S/c1-3-26-17-9-7-14(8-10-17)12-21(2)13-22-19(28)27-18(20-22)15-5-4-6-16(11-15)23(24)25/h4-11H,3,12-13H2,1-2H3. The fraction of sp³-hybridized carbons (Fsp3) is 0.263. The van der Waals surface area contributed by atoms with Crippen molar-refractivity contribution in [1.29, 1.82) is 0 Å². The van der Waals surface area contributed by atoms with Crippen LogP contribution < -0.4 is 4.74 Å². The average Bonchev–Trinajstić information content (AvgIpc) is 3.04. The molecular weight excluding hydrogens is 380 g/mol. The summed E-state index contributed by atoms with van der Waals surface area (Å²) in [6.07, 6.45) is 0. The molecule has 0 radical (unpaired) electrons. The highest BCUT2D eigenvalue weighted by atomic mass is 32.1. The van der Waals surface area contributed by atoms with Crippen LogP contribution in [-0.2, 0) is 13.2 Å². The van der Waals surface area contributed by atoms with Crippen LogP contribution in [0.15, 0.2) is 52.9 Å². The third kappa shape index (κ3) is 4.81.